The number of amides is 1. The van der Waals surface area contributed by atoms with Crippen molar-refractivity contribution in [1.29, 1.82) is 0 Å². The van der Waals surface area contributed by atoms with Crippen LogP contribution in [0.3, 0.4) is 0 Å². The number of rotatable bonds is 1. The lowest BCUT2D eigenvalue weighted by molar-refractivity contribution is -0.118. The third-order valence-electron chi connectivity index (χ3n) is 1.64. The Kier molecular flexibility index (Phi) is 2.08. The molecule has 3 nitrogen and oxygen atoms in total. The summed E-state index contributed by atoms with van der Waals surface area (Å²) in [6, 6.07) is 0. The summed E-state index contributed by atoms with van der Waals surface area (Å²) in [6.45, 7) is 6.11. The van der Waals surface area contributed by atoms with Crippen molar-refractivity contribution in [3.05, 3.63) is 11.3 Å². The van der Waals surface area contributed by atoms with Gasteiger partial charge in [0.25, 0.3) is 0 Å². The molecular formula is C8H12N2O. The van der Waals surface area contributed by atoms with Crippen molar-refractivity contribution >= 4 is 11.6 Å². The van der Waals surface area contributed by atoms with Crippen LogP contribution in [0.4, 0.5) is 0 Å². The molecule has 1 rings (SSSR count). The summed E-state index contributed by atoms with van der Waals surface area (Å²) in [5.41, 5.74) is 2.97. The normalized spacial score (nSPS) is 16.8. The van der Waals surface area contributed by atoms with Gasteiger partial charge in [0.15, 0.2) is 0 Å². The quantitative estimate of drug-likeness (QED) is 0.595. The van der Waals surface area contributed by atoms with E-state index < -0.39 is 0 Å². The molecule has 0 bridgehead atoms. The first-order chi connectivity index (χ1) is 5.11. The Bertz CT molecular complexity index is 251. The zero-order valence-corrected chi connectivity index (χ0v) is 7.06. The van der Waals surface area contributed by atoms with Crippen LogP contribution < -0.4 is 5.32 Å². The van der Waals surface area contributed by atoms with Gasteiger partial charge in [-0.2, -0.15) is 0 Å². The van der Waals surface area contributed by atoms with Crippen LogP contribution in [0.5, 0.6) is 0 Å². The summed E-state index contributed by atoms with van der Waals surface area (Å²) < 4.78 is 0. The maximum Gasteiger partial charge on any atom is 0.221 e. The van der Waals surface area contributed by atoms with E-state index in [1.54, 1.807) is 0 Å². The van der Waals surface area contributed by atoms with Crippen molar-refractivity contribution in [3.63, 3.8) is 0 Å². The van der Waals surface area contributed by atoms with Gasteiger partial charge in [0.1, 0.15) is 0 Å². The largest absolute Gasteiger partial charge is 0.325 e. The molecule has 60 valence electrons. The SMILES string of the molecule is CC(=O)NC1=C(C)CN=C1C. The summed E-state index contributed by atoms with van der Waals surface area (Å²) in [6.07, 6.45) is 0. The van der Waals surface area contributed by atoms with Gasteiger partial charge >= 0.3 is 0 Å². The molecule has 0 aromatic heterocycles. The van der Waals surface area contributed by atoms with Crippen LogP contribution in [0.2, 0.25) is 0 Å². The average Bonchev–Trinajstić information content (AvgIpc) is 2.18. The first-order valence-corrected chi connectivity index (χ1v) is 3.60. The number of hydrogen-bond donors (Lipinski definition) is 1. The van der Waals surface area contributed by atoms with Gasteiger partial charge in [-0.1, -0.05) is 0 Å². The minimum absolute atomic E-state index is 0.0317. The molecule has 1 heterocycles. The van der Waals surface area contributed by atoms with Crippen LogP contribution in [0.25, 0.3) is 0 Å². The fraction of sp³-hybridized carbons (Fsp3) is 0.500. The standard InChI is InChI=1S/C8H12N2O/c1-5-4-9-6(2)8(5)10-7(3)11/h4H2,1-3H3,(H,10,11). The Balaban J connectivity index is 2.76. The topological polar surface area (TPSA) is 41.5 Å². The zero-order chi connectivity index (χ0) is 8.43. The van der Waals surface area contributed by atoms with Crippen molar-refractivity contribution in [3.8, 4) is 0 Å². The second-order valence-corrected chi connectivity index (χ2v) is 2.74. The fourth-order valence-corrected chi connectivity index (χ4v) is 1.08. The molecule has 1 N–H and O–H groups in total. The number of hydrogen-bond acceptors (Lipinski definition) is 2. The lowest BCUT2D eigenvalue weighted by Crippen LogP contribution is -2.23. The van der Waals surface area contributed by atoms with Crippen molar-refractivity contribution in [2.45, 2.75) is 20.8 Å². The van der Waals surface area contributed by atoms with Gasteiger partial charge in [-0.25, -0.2) is 0 Å². The highest BCUT2D eigenvalue weighted by atomic mass is 16.1. The fourth-order valence-electron chi connectivity index (χ4n) is 1.08. The van der Waals surface area contributed by atoms with E-state index in [1.807, 2.05) is 13.8 Å². The van der Waals surface area contributed by atoms with Crippen LogP contribution in [-0.4, -0.2) is 18.2 Å². The first-order valence-electron chi connectivity index (χ1n) is 3.60. The van der Waals surface area contributed by atoms with Crippen molar-refractivity contribution in [2.75, 3.05) is 6.54 Å². The van der Waals surface area contributed by atoms with E-state index in [4.69, 9.17) is 0 Å². The number of nitrogens with one attached hydrogen (secondary N) is 1. The smallest absolute Gasteiger partial charge is 0.221 e. The molecule has 0 unspecified atom stereocenters. The van der Waals surface area contributed by atoms with Gasteiger partial charge in [0, 0.05) is 6.92 Å². The molecule has 0 aliphatic carbocycles. The molecule has 0 saturated carbocycles. The van der Waals surface area contributed by atoms with E-state index >= 15 is 0 Å². The van der Waals surface area contributed by atoms with E-state index in [2.05, 4.69) is 10.3 Å². The van der Waals surface area contributed by atoms with Crippen LogP contribution in [0, 0.1) is 0 Å². The van der Waals surface area contributed by atoms with Crippen LogP contribution >= 0.6 is 0 Å². The van der Waals surface area contributed by atoms with Gasteiger partial charge < -0.3 is 5.32 Å². The van der Waals surface area contributed by atoms with E-state index in [0.717, 1.165) is 23.5 Å². The number of carbonyl (C=O) groups excluding carboxylic acids is 1. The lowest BCUT2D eigenvalue weighted by atomic mass is 10.2. The second-order valence-electron chi connectivity index (χ2n) is 2.74. The second kappa shape index (κ2) is 2.86. The predicted molar refractivity (Wildman–Crippen MR) is 44.5 cm³/mol. The minimum Gasteiger partial charge on any atom is -0.325 e. The number of nitrogens with zero attached hydrogens (tertiary/aromatic N) is 1. The Morgan fingerprint density at radius 1 is 1.55 bits per heavy atom. The van der Waals surface area contributed by atoms with E-state index in [1.165, 1.54) is 6.92 Å². The van der Waals surface area contributed by atoms with Gasteiger partial charge in [0.2, 0.25) is 5.91 Å². The Hall–Kier alpha value is -1.12. The van der Waals surface area contributed by atoms with Gasteiger partial charge in [-0.3, -0.25) is 9.79 Å². The predicted octanol–water partition coefficient (Wildman–Crippen LogP) is 0.871. The van der Waals surface area contributed by atoms with E-state index in [0.29, 0.717) is 0 Å². The van der Waals surface area contributed by atoms with E-state index in [9.17, 15) is 4.79 Å². The number of allylic oxidation sites excluding steroid dienone is 1. The molecule has 1 amide bonds. The summed E-state index contributed by atoms with van der Waals surface area (Å²) in [5, 5.41) is 2.75. The summed E-state index contributed by atoms with van der Waals surface area (Å²) in [5.74, 6) is -0.0317. The first kappa shape index (κ1) is 7.98. The number of carbonyl (C=O) groups is 1. The zero-order valence-electron chi connectivity index (χ0n) is 7.06. The highest BCUT2D eigenvalue weighted by molar-refractivity contribution is 6.03. The lowest BCUT2D eigenvalue weighted by Gasteiger charge is -2.03. The monoisotopic (exact) mass is 152 g/mol. The van der Waals surface area contributed by atoms with Gasteiger partial charge in [0.05, 0.1) is 18.0 Å². The Labute approximate surface area is 66.2 Å². The van der Waals surface area contributed by atoms with Crippen LogP contribution in [0.1, 0.15) is 20.8 Å². The Morgan fingerprint density at radius 2 is 2.18 bits per heavy atom. The molecule has 0 radical (unpaired) electrons. The highest BCUT2D eigenvalue weighted by Crippen LogP contribution is 2.11. The molecule has 0 aromatic rings. The van der Waals surface area contributed by atoms with E-state index in [-0.39, 0.29) is 5.91 Å². The third kappa shape index (κ3) is 1.67. The maximum absolute atomic E-state index is 10.7. The van der Waals surface area contributed by atoms with Crippen molar-refractivity contribution in [1.82, 2.24) is 5.32 Å². The maximum atomic E-state index is 10.7. The molecule has 1 aliphatic rings. The molecule has 0 atom stereocenters. The van der Waals surface area contributed by atoms with Crippen molar-refractivity contribution in [2.24, 2.45) is 4.99 Å². The molecule has 3 heteroatoms. The summed E-state index contributed by atoms with van der Waals surface area (Å²) >= 11 is 0. The molecule has 0 fully saturated rings. The number of aliphatic imine (C=N–C) groups is 1. The average molecular weight is 152 g/mol. The molecule has 0 aromatic carbocycles. The molecular weight excluding hydrogens is 140 g/mol. The Morgan fingerprint density at radius 3 is 2.55 bits per heavy atom. The van der Waals surface area contributed by atoms with Crippen LogP contribution in [-0.2, 0) is 4.79 Å². The molecule has 1 aliphatic heterocycles. The van der Waals surface area contributed by atoms with Gasteiger partial charge in [-0.05, 0) is 19.4 Å². The minimum atomic E-state index is -0.0317. The van der Waals surface area contributed by atoms with Gasteiger partial charge in [-0.15, -0.1) is 0 Å². The molecule has 11 heavy (non-hydrogen) atoms. The highest BCUT2D eigenvalue weighted by Gasteiger charge is 2.12. The van der Waals surface area contributed by atoms with Crippen molar-refractivity contribution < 1.29 is 4.79 Å². The molecule has 0 saturated heterocycles. The molecule has 0 spiro atoms. The third-order valence-corrected chi connectivity index (χ3v) is 1.64. The summed E-state index contributed by atoms with van der Waals surface area (Å²) in [7, 11) is 0. The van der Waals surface area contributed by atoms with Crippen LogP contribution in [0.15, 0.2) is 16.3 Å². The summed E-state index contributed by atoms with van der Waals surface area (Å²) in [4.78, 5) is 14.9.